The Morgan fingerprint density at radius 2 is 0.875 bits per heavy atom. The average Bonchev–Trinajstić information content (AvgIpc) is 3.10. The molecule has 0 aliphatic rings. The molecule has 0 fully saturated rings. The second-order valence-corrected chi connectivity index (χ2v) is 10.2. The predicted octanol–water partition coefficient (Wildman–Crippen LogP) is 5.20. The summed E-state index contributed by atoms with van der Waals surface area (Å²) in [4.78, 5) is 46.3. The van der Waals surface area contributed by atoms with Crippen LogP contribution in [0.4, 0.5) is 40.0 Å². The standard InChI is InChI=1S/2C9H10N4O5.2C7H8.BF4.Co/c2*10-1-2-11-5-6-3-7(12(15)16)4-8(9(6)14)13(17)18;2*1-7-5-3-2-4-6-7;2-1(3,4)5;/h2*3-5,14H,1-2,10H2;2*2-6H,1H3;;/q;;;;-1;+3/p-2. The Balaban J connectivity index is 0. The van der Waals surface area contributed by atoms with Gasteiger partial charge in [0, 0.05) is 37.7 Å². The molecule has 0 saturated heterocycles. The summed E-state index contributed by atoms with van der Waals surface area (Å²) in [6.45, 7) is 5.08. The minimum Gasteiger partial charge on any atom is -0.867 e. The van der Waals surface area contributed by atoms with Crippen LogP contribution in [-0.4, -0.2) is 65.6 Å². The Bertz CT molecular complexity index is 1780. The van der Waals surface area contributed by atoms with Gasteiger partial charge in [-0.1, -0.05) is 71.8 Å². The van der Waals surface area contributed by atoms with Crippen molar-refractivity contribution >= 4 is 42.4 Å². The van der Waals surface area contributed by atoms with Crippen LogP contribution >= 0.6 is 0 Å². The van der Waals surface area contributed by atoms with Crippen LogP contribution < -0.4 is 21.7 Å². The predicted molar refractivity (Wildman–Crippen MR) is 194 cm³/mol. The first-order chi connectivity index (χ1) is 25.7. The van der Waals surface area contributed by atoms with Gasteiger partial charge in [0.2, 0.25) is 0 Å². The minimum absolute atomic E-state index is 0. The van der Waals surface area contributed by atoms with Gasteiger partial charge in [-0.2, -0.15) is 0 Å². The van der Waals surface area contributed by atoms with Gasteiger partial charge in [-0.25, -0.2) is 0 Å². The van der Waals surface area contributed by atoms with Gasteiger partial charge in [0.05, 0.1) is 44.9 Å². The van der Waals surface area contributed by atoms with Gasteiger partial charge in [0.25, 0.3) is 22.7 Å². The third-order valence-corrected chi connectivity index (χ3v) is 5.84. The van der Waals surface area contributed by atoms with Crippen LogP contribution in [0.5, 0.6) is 11.5 Å². The van der Waals surface area contributed by atoms with Crippen LogP contribution in [-0.2, 0) is 16.8 Å². The van der Waals surface area contributed by atoms with E-state index in [1.165, 1.54) is 11.1 Å². The van der Waals surface area contributed by atoms with Crippen molar-refractivity contribution in [1.29, 1.82) is 0 Å². The first-order valence-electron chi connectivity index (χ1n) is 15.3. The number of hydrogen-bond donors (Lipinski definition) is 2. The smallest absolute Gasteiger partial charge is 0.867 e. The molecule has 0 bridgehead atoms. The largest absolute Gasteiger partial charge is 3.00 e. The molecular formula is C32H34BCoF4N8O10. The summed E-state index contributed by atoms with van der Waals surface area (Å²) < 4.78 is 39.0. The molecule has 0 atom stereocenters. The molecule has 0 aliphatic heterocycles. The van der Waals surface area contributed by atoms with Crippen LogP contribution in [0.25, 0.3) is 0 Å². The molecule has 0 aromatic heterocycles. The van der Waals surface area contributed by atoms with Crippen LogP contribution in [0, 0.1) is 54.3 Å². The van der Waals surface area contributed by atoms with Gasteiger partial charge in [-0.3, -0.25) is 50.4 Å². The van der Waals surface area contributed by atoms with E-state index in [1.54, 1.807) is 0 Å². The number of non-ortho nitro benzene ring substituents is 2. The van der Waals surface area contributed by atoms with E-state index in [2.05, 4.69) is 48.1 Å². The van der Waals surface area contributed by atoms with Gasteiger partial charge < -0.3 is 38.9 Å². The maximum atomic E-state index is 11.6. The van der Waals surface area contributed by atoms with E-state index in [4.69, 9.17) is 11.5 Å². The summed E-state index contributed by atoms with van der Waals surface area (Å²) in [7, 11) is -6.00. The summed E-state index contributed by atoms with van der Waals surface area (Å²) in [5.41, 5.74) is 9.83. The second-order valence-electron chi connectivity index (χ2n) is 10.2. The van der Waals surface area contributed by atoms with Gasteiger partial charge in [0.15, 0.2) is 0 Å². The average molecular weight is 836 g/mol. The van der Waals surface area contributed by atoms with E-state index in [-0.39, 0.29) is 54.1 Å². The Hall–Kier alpha value is -6.37. The van der Waals surface area contributed by atoms with E-state index in [0.717, 1.165) is 24.6 Å². The van der Waals surface area contributed by atoms with Gasteiger partial charge in [-0.15, -0.1) is 0 Å². The molecule has 0 spiro atoms. The SMILES string of the molecule is Cc1ccccc1.Cc1ccccc1.F[B-](F)(F)F.NCCN=Cc1cc([N+](=O)[O-])cc([N+](=O)[O-])c1[O-].NCCN=Cc1cc([N+](=O)[O-])cc([N+](=O)[O-])c1[O-].[Co+3]. The monoisotopic (exact) mass is 836 g/mol. The molecule has 24 heteroatoms. The number of hydrogen-bond acceptors (Lipinski definition) is 14. The minimum atomic E-state index is -6.00. The zero-order chi connectivity index (χ0) is 42.1. The number of benzene rings is 4. The van der Waals surface area contributed by atoms with Crippen LogP contribution in [0.2, 0.25) is 0 Å². The molecule has 0 amide bonds. The normalized spacial score (nSPS) is 10.1. The molecule has 18 nitrogen and oxygen atoms in total. The Morgan fingerprint density at radius 3 is 1.07 bits per heavy atom. The molecular weight excluding hydrogens is 802 g/mol. The molecule has 0 unspecified atom stereocenters. The molecule has 56 heavy (non-hydrogen) atoms. The summed E-state index contributed by atoms with van der Waals surface area (Å²) in [6, 6.07) is 23.7. The van der Waals surface area contributed by atoms with E-state index >= 15 is 0 Å². The molecule has 4 rings (SSSR count). The number of nitro benzene ring substituents is 4. The first-order valence-corrected chi connectivity index (χ1v) is 15.3. The number of aryl methyl sites for hydroxylation is 2. The molecule has 302 valence electrons. The third kappa shape index (κ3) is 22.6. The summed E-state index contributed by atoms with van der Waals surface area (Å²) >= 11 is 0. The second kappa shape index (κ2) is 27.2. The zero-order valence-electron chi connectivity index (χ0n) is 29.4. The molecule has 4 aromatic rings. The Kier molecular flexibility index (Phi) is 25.2. The topological polar surface area (TPSA) is 295 Å². The molecule has 0 heterocycles. The van der Waals surface area contributed by atoms with E-state index in [1.807, 2.05) is 36.4 Å². The van der Waals surface area contributed by atoms with Crippen molar-refractivity contribution < 1.29 is 63.9 Å². The van der Waals surface area contributed by atoms with Crippen molar-refractivity contribution in [3.8, 4) is 11.5 Å². The fourth-order valence-corrected chi connectivity index (χ4v) is 3.46. The summed E-state index contributed by atoms with van der Waals surface area (Å²) in [6.07, 6.45) is 2.10. The van der Waals surface area contributed by atoms with Crippen molar-refractivity contribution in [1.82, 2.24) is 0 Å². The third-order valence-electron chi connectivity index (χ3n) is 5.84. The number of nitrogens with zero attached hydrogens (tertiary/aromatic N) is 6. The molecule has 4 aromatic carbocycles. The Morgan fingerprint density at radius 1 is 0.589 bits per heavy atom. The maximum absolute atomic E-state index is 11.6. The first kappa shape index (κ1) is 51.7. The number of halogens is 4. The van der Waals surface area contributed by atoms with E-state index < -0.39 is 61.2 Å². The fraction of sp³-hybridized carbons (Fsp3) is 0.188. The van der Waals surface area contributed by atoms with Crippen molar-refractivity contribution in [3.05, 3.63) is 148 Å². The summed E-state index contributed by atoms with van der Waals surface area (Å²) in [5, 5.41) is 65.6. The van der Waals surface area contributed by atoms with Crippen molar-refractivity contribution in [2.24, 2.45) is 21.5 Å². The van der Waals surface area contributed by atoms with Crippen LogP contribution in [0.1, 0.15) is 22.3 Å². The fourth-order valence-electron chi connectivity index (χ4n) is 3.46. The molecule has 0 aliphatic carbocycles. The van der Waals surface area contributed by atoms with Crippen molar-refractivity contribution in [2.45, 2.75) is 13.8 Å². The summed E-state index contributed by atoms with van der Waals surface area (Å²) in [5.74, 6) is -1.82. The quantitative estimate of drug-likeness (QED) is 0.0685. The van der Waals surface area contributed by atoms with Gasteiger partial charge >= 0.3 is 24.0 Å². The molecule has 4 N–H and O–H groups in total. The van der Waals surface area contributed by atoms with E-state index in [0.29, 0.717) is 12.1 Å². The number of nitro groups is 4. The van der Waals surface area contributed by atoms with Gasteiger partial charge in [0.1, 0.15) is 0 Å². The van der Waals surface area contributed by atoms with E-state index in [9.17, 15) is 67.9 Å². The number of aliphatic imine (C=N–C) groups is 2. The molecule has 0 saturated carbocycles. The van der Waals surface area contributed by atoms with Gasteiger partial charge in [-0.05, 0) is 36.5 Å². The zero-order valence-corrected chi connectivity index (χ0v) is 30.5. The maximum Gasteiger partial charge on any atom is 3.00 e. The number of rotatable bonds is 10. The van der Waals surface area contributed by atoms with Crippen LogP contribution in [0.15, 0.2) is 94.9 Å². The Labute approximate surface area is 326 Å². The van der Waals surface area contributed by atoms with Crippen molar-refractivity contribution in [3.63, 3.8) is 0 Å². The van der Waals surface area contributed by atoms with Crippen LogP contribution in [0.3, 0.4) is 0 Å². The molecule has 0 radical (unpaired) electrons. The van der Waals surface area contributed by atoms with Crippen molar-refractivity contribution in [2.75, 3.05) is 26.2 Å². The number of nitrogens with two attached hydrogens (primary N) is 2.